The van der Waals surface area contributed by atoms with Crippen molar-refractivity contribution in [1.82, 2.24) is 5.32 Å². The van der Waals surface area contributed by atoms with E-state index >= 15 is 0 Å². The molecule has 0 aromatic rings. The zero-order chi connectivity index (χ0) is 9.84. The predicted molar refractivity (Wildman–Crippen MR) is 41.8 cm³/mol. The van der Waals surface area contributed by atoms with E-state index < -0.39 is 24.4 Å². The second-order valence-corrected chi connectivity index (χ2v) is 2.90. The molecule has 6 nitrogen and oxygen atoms in total. The van der Waals surface area contributed by atoms with E-state index in [-0.39, 0.29) is 13.2 Å². The molecule has 4 atom stereocenters. The quantitative estimate of drug-likeness (QED) is 0.360. The van der Waals surface area contributed by atoms with Crippen LogP contribution in [0, 0.1) is 0 Å². The zero-order valence-electron chi connectivity index (χ0n) is 6.96. The highest BCUT2D eigenvalue weighted by molar-refractivity contribution is 5.45. The second kappa shape index (κ2) is 4.52. The minimum Gasteiger partial charge on any atom is -0.394 e. The molecular weight excluding hydrogens is 178 g/mol. The highest BCUT2D eigenvalue weighted by atomic mass is 16.6. The molecule has 6 heteroatoms. The molecule has 4 unspecified atom stereocenters. The molecule has 0 radical (unpaired) electrons. The number of carbonyl (C=O) groups excluding carboxylic acids is 1. The lowest BCUT2D eigenvalue weighted by molar-refractivity contribution is -0.110. The van der Waals surface area contributed by atoms with E-state index in [1.807, 2.05) is 0 Å². The van der Waals surface area contributed by atoms with Gasteiger partial charge in [-0.2, -0.15) is 0 Å². The van der Waals surface area contributed by atoms with E-state index in [0.717, 1.165) is 0 Å². The monoisotopic (exact) mass is 191 g/mol. The standard InChI is InChI=1S/C7H13NO5/c9-2-5-7(12)6(11)4(13-5)1-8-3-10/h3-7,9,11-12H,1-2H2,(H,8,10). The van der Waals surface area contributed by atoms with Gasteiger partial charge in [-0.25, -0.2) is 0 Å². The van der Waals surface area contributed by atoms with E-state index in [1.165, 1.54) is 0 Å². The molecule has 0 spiro atoms. The molecule has 1 aliphatic rings. The molecule has 1 heterocycles. The number of carbonyl (C=O) groups is 1. The van der Waals surface area contributed by atoms with Crippen molar-refractivity contribution in [2.45, 2.75) is 24.4 Å². The van der Waals surface area contributed by atoms with Crippen LogP contribution in [0.5, 0.6) is 0 Å². The van der Waals surface area contributed by atoms with E-state index in [9.17, 15) is 15.0 Å². The topological polar surface area (TPSA) is 99.0 Å². The van der Waals surface area contributed by atoms with Gasteiger partial charge in [0.15, 0.2) is 0 Å². The fraction of sp³-hybridized carbons (Fsp3) is 0.857. The maximum atomic E-state index is 9.94. The summed E-state index contributed by atoms with van der Waals surface area (Å²) in [5.41, 5.74) is 0. The number of amides is 1. The smallest absolute Gasteiger partial charge is 0.207 e. The molecule has 0 aromatic carbocycles. The van der Waals surface area contributed by atoms with Crippen molar-refractivity contribution in [3.05, 3.63) is 0 Å². The van der Waals surface area contributed by atoms with Crippen molar-refractivity contribution < 1.29 is 24.9 Å². The fourth-order valence-corrected chi connectivity index (χ4v) is 1.31. The highest BCUT2D eigenvalue weighted by Gasteiger charge is 2.41. The third-order valence-electron chi connectivity index (χ3n) is 2.04. The number of aliphatic hydroxyl groups excluding tert-OH is 3. The summed E-state index contributed by atoms with van der Waals surface area (Å²) in [6.45, 7) is -0.228. The molecule has 1 fully saturated rings. The molecule has 1 aliphatic heterocycles. The molecular formula is C7H13NO5. The highest BCUT2D eigenvalue weighted by Crippen LogP contribution is 2.20. The van der Waals surface area contributed by atoms with Gasteiger partial charge in [0.1, 0.15) is 24.4 Å². The lowest BCUT2D eigenvalue weighted by Crippen LogP contribution is -2.37. The van der Waals surface area contributed by atoms with Gasteiger partial charge in [-0.15, -0.1) is 0 Å². The van der Waals surface area contributed by atoms with E-state index in [0.29, 0.717) is 6.41 Å². The summed E-state index contributed by atoms with van der Waals surface area (Å²) < 4.78 is 5.07. The van der Waals surface area contributed by atoms with Gasteiger partial charge in [0, 0.05) is 6.54 Å². The molecule has 0 bridgehead atoms. The Morgan fingerprint density at radius 3 is 2.38 bits per heavy atom. The van der Waals surface area contributed by atoms with Crippen LogP contribution in [0.15, 0.2) is 0 Å². The number of nitrogens with one attached hydrogen (secondary N) is 1. The molecule has 1 rings (SSSR count). The third kappa shape index (κ3) is 2.16. The summed E-state index contributed by atoms with van der Waals surface area (Å²) >= 11 is 0. The van der Waals surface area contributed by atoms with Crippen LogP contribution in [0.25, 0.3) is 0 Å². The summed E-state index contributed by atoms with van der Waals surface area (Å²) in [6.07, 6.45) is -3.10. The van der Waals surface area contributed by atoms with Crippen molar-refractivity contribution in [1.29, 1.82) is 0 Å². The second-order valence-electron chi connectivity index (χ2n) is 2.90. The predicted octanol–water partition coefficient (Wildman–Crippen LogP) is -2.79. The molecule has 4 N–H and O–H groups in total. The Labute approximate surface area is 75.1 Å². The van der Waals surface area contributed by atoms with Gasteiger partial charge in [0.05, 0.1) is 6.61 Å². The average molecular weight is 191 g/mol. The molecule has 13 heavy (non-hydrogen) atoms. The Kier molecular flexibility index (Phi) is 3.61. The van der Waals surface area contributed by atoms with Crippen LogP contribution in [0.1, 0.15) is 0 Å². The molecule has 0 aromatic heterocycles. The SMILES string of the molecule is O=CNCC1OC(CO)C(O)C1O. The van der Waals surface area contributed by atoms with E-state index in [2.05, 4.69) is 5.32 Å². The zero-order valence-corrected chi connectivity index (χ0v) is 6.96. The van der Waals surface area contributed by atoms with Crippen LogP contribution in [-0.2, 0) is 9.53 Å². The van der Waals surface area contributed by atoms with Crippen LogP contribution >= 0.6 is 0 Å². The first-order valence-corrected chi connectivity index (χ1v) is 4.00. The first kappa shape index (κ1) is 10.4. The first-order valence-electron chi connectivity index (χ1n) is 4.00. The minimum atomic E-state index is -1.09. The summed E-state index contributed by atoms with van der Waals surface area (Å²) in [6, 6.07) is 0. The maximum Gasteiger partial charge on any atom is 0.207 e. The largest absolute Gasteiger partial charge is 0.394 e. The lowest BCUT2D eigenvalue weighted by Gasteiger charge is -2.12. The Balaban J connectivity index is 2.45. The van der Waals surface area contributed by atoms with E-state index in [1.54, 1.807) is 0 Å². The van der Waals surface area contributed by atoms with Gasteiger partial charge in [-0.1, -0.05) is 0 Å². The Morgan fingerprint density at radius 2 is 1.92 bits per heavy atom. The van der Waals surface area contributed by atoms with Crippen LogP contribution in [0.4, 0.5) is 0 Å². The van der Waals surface area contributed by atoms with Crippen LogP contribution in [0.2, 0.25) is 0 Å². The first-order chi connectivity index (χ1) is 6.20. The summed E-state index contributed by atoms with van der Waals surface area (Å²) in [5, 5.41) is 29.7. The van der Waals surface area contributed by atoms with Crippen LogP contribution in [-0.4, -0.2) is 59.3 Å². The number of aliphatic hydroxyl groups is 3. The Hall–Kier alpha value is -0.690. The Bertz CT molecular complexity index is 176. The lowest BCUT2D eigenvalue weighted by atomic mass is 10.1. The third-order valence-corrected chi connectivity index (χ3v) is 2.04. The van der Waals surface area contributed by atoms with Crippen molar-refractivity contribution in [2.24, 2.45) is 0 Å². The van der Waals surface area contributed by atoms with Crippen LogP contribution < -0.4 is 5.32 Å². The van der Waals surface area contributed by atoms with Crippen molar-refractivity contribution >= 4 is 6.41 Å². The Morgan fingerprint density at radius 1 is 1.31 bits per heavy atom. The minimum absolute atomic E-state index is 0.123. The van der Waals surface area contributed by atoms with Crippen LogP contribution in [0.3, 0.4) is 0 Å². The van der Waals surface area contributed by atoms with E-state index in [4.69, 9.17) is 9.84 Å². The van der Waals surface area contributed by atoms with Gasteiger partial charge < -0.3 is 25.4 Å². The number of hydrogen-bond acceptors (Lipinski definition) is 5. The maximum absolute atomic E-state index is 9.94. The summed E-state index contributed by atoms with van der Waals surface area (Å²) in [7, 11) is 0. The number of hydrogen-bond donors (Lipinski definition) is 4. The molecule has 0 aliphatic carbocycles. The summed E-state index contributed by atoms with van der Waals surface area (Å²) in [4.78, 5) is 9.94. The normalized spacial score (nSPS) is 39.0. The molecule has 1 saturated heterocycles. The average Bonchev–Trinajstić information content (AvgIpc) is 2.41. The summed E-state index contributed by atoms with van der Waals surface area (Å²) in [5.74, 6) is 0. The fourth-order valence-electron chi connectivity index (χ4n) is 1.31. The van der Waals surface area contributed by atoms with Gasteiger partial charge in [-0.05, 0) is 0 Å². The van der Waals surface area contributed by atoms with Crippen molar-refractivity contribution in [3.63, 3.8) is 0 Å². The van der Waals surface area contributed by atoms with Gasteiger partial charge in [-0.3, -0.25) is 4.79 Å². The molecule has 76 valence electrons. The number of ether oxygens (including phenoxy) is 1. The van der Waals surface area contributed by atoms with Crippen molar-refractivity contribution in [2.75, 3.05) is 13.2 Å². The van der Waals surface area contributed by atoms with Crippen molar-refractivity contribution in [3.8, 4) is 0 Å². The number of rotatable bonds is 4. The molecule has 1 amide bonds. The van der Waals surface area contributed by atoms with Gasteiger partial charge >= 0.3 is 0 Å². The van der Waals surface area contributed by atoms with Gasteiger partial charge in [0.2, 0.25) is 6.41 Å². The molecule has 0 saturated carbocycles. The van der Waals surface area contributed by atoms with Gasteiger partial charge in [0.25, 0.3) is 0 Å².